The summed E-state index contributed by atoms with van der Waals surface area (Å²) >= 11 is 0. The van der Waals surface area contributed by atoms with Gasteiger partial charge in [0.05, 0.1) is 52.9 Å². The Balaban J connectivity index is -0.0000000785. The van der Waals surface area contributed by atoms with Crippen LogP contribution in [0.3, 0.4) is 0 Å². The molecule has 1 fully saturated rings. The second kappa shape index (κ2) is 63.0. The second-order valence-electron chi connectivity index (χ2n) is 3.95. The SMILES string of the molecule is C1COCCOCCNCCOCCOCCN1.O.[Ba+2].[C-]#N.[C-]#N.[C-]#N.[C-]#N.[Pt+2]. The van der Waals surface area contributed by atoms with E-state index in [1.165, 1.54) is 0 Å². The molecule has 0 aromatic rings. The van der Waals surface area contributed by atoms with Gasteiger partial charge in [-0.2, -0.15) is 0 Å². The van der Waals surface area contributed by atoms with E-state index in [2.05, 4.69) is 10.6 Å². The Morgan fingerprint density at radius 2 is 0.621 bits per heavy atom. The van der Waals surface area contributed by atoms with Crippen molar-refractivity contribution in [1.29, 1.82) is 21.0 Å². The smallest absolute Gasteiger partial charge is 0.512 e. The molecule has 0 spiro atoms. The zero-order chi connectivity index (χ0) is 20.7. The molecule has 1 heterocycles. The summed E-state index contributed by atoms with van der Waals surface area (Å²) < 4.78 is 21.6. The third kappa shape index (κ3) is 58.4. The van der Waals surface area contributed by atoms with Crippen LogP contribution in [-0.4, -0.2) is 133 Å². The van der Waals surface area contributed by atoms with E-state index < -0.39 is 0 Å². The molecule has 0 saturated carbocycles. The van der Waals surface area contributed by atoms with Gasteiger partial charge in [0.1, 0.15) is 0 Å². The van der Waals surface area contributed by atoms with Crippen LogP contribution >= 0.6 is 0 Å². The maximum atomic E-state index is 6.25. The molecule has 0 unspecified atom stereocenters. The molecule has 1 saturated heterocycles. The minimum Gasteiger partial charge on any atom is -0.512 e. The molecule has 164 valence electrons. The number of nitrogens with one attached hydrogen (secondary N) is 2. The van der Waals surface area contributed by atoms with Crippen LogP contribution in [0.25, 0.3) is 0 Å². The van der Waals surface area contributed by atoms with Gasteiger partial charge >= 0.3 is 69.9 Å². The van der Waals surface area contributed by atoms with Gasteiger partial charge in [0.2, 0.25) is 0 Å². The minimum absolute atomic E-state index is 0. The second-order valence-corrected chi connectivity index (χ2v) is 3.95. The normalized spacial score (nSPS) is 15.2. The van der Waals surface area contributed by atoms with Gasteiger partial charge in [-0.1, -0.05) is 0 Å². The quantitative estimate of drug-likeness (QED) is 0.219. The average molecular weight is 717 g/mol. The van der Waals surface area contributed by atoms with Gasteiger partial charge < -0.3 is 82.4 Å². The molecular formula is C16H28BaN6O5Pt. The van der Waals surface area contributed by atoms with Crippen LogP contribution in [-0.2, 0) is 40.0 Å². The molecule has 0 aromatic carbocycles. The van der Waals surface area contributed by atoms with Gasteiger partial charge in [0, 0.05) is 26.2 Å². The molecule has 29 heavy (non-hydrogen) atoms. The van der Waals surface area contributed by atoms with Gasteiger partial charge in [0.25, 0.3) is 0 Å². The van der Waals surface area contributed by atoms with Crippen LogP contribution in [0.2, 0.25) is 0 Å². The number of rotatable bonds is 0. The van der Waals surface area contributed by atoms with Crippen LogP contribution < -0.4 is 10.6 Å². The summed E-state index contributed by atoms with van der Waals surface area (Å²) in [5.41, 5.74) is 0. The molecule has 13 heteroatoms. The number of ether oxygens (including phenoxy) is 4. The number of nitrogens with zero attached hydrogens (tertiary/aromatic N) is 4. The van der Waals surface area contributed by atoms with Gasteiger partial charge in [-0.25, -0.2) is 0 Å². The Bertz CT molecular complexity index is 226. The van der Waals surface area contributed by atoms with E-state index in [-0.39, 0.29) is 75.4 Å². The maximum Gasteiger partial charge on any atom is 2.00 e. The minimum atomic E-state index is 0. The van der Waals surface area contributed by atoms with E-state index in [0.717, 1.165) is 26.2 Å². The molecule has 4 N–H and O–H groups in total. The summed E-state index contributed by atoms with van der Waals surface area (Å²) in [6.45, 7) is 27.9. The van der Waals surface area contributed by atoms with Gasteiger partial charge in [-0.15, -0.1) is 0 Å². The van der Waals surface area contributed by atoms with Crippen molar-refractivity contribution in [3.05, 3.63) is 26.3 Å². The van der Waals surface area contributed by atoms with Crippen molar-refractivity contribution in [1.82, 2.24) is 10.6 Å². The Morgan fingerprint density at radius 1 is 0.448 bits per heavy atom. The van der Waals surface area contributed by atoms with Crippen molar-refractivity contribution in [2.45, 2.75) is 0 Å². The fraction of sp³-hybridized carbons (Fsp3) is 0.750. The van der Waals surface area contributed by atoms with Crippen molar-refractivity contribution in [3.63, 3.8) is 0 Å². The zero-order valence-corrected chi connectivity index (χ0v) is 23.1. The Kier molecular flexibility index (Phi) is 102. The Hall–Kier alpha value is -0.0603. The first-order valence-electron chi connectivity index (χ1n) is 7.62. The molecule has 0 aliphatic carbocycles. The van der Waals surface area contributed by atoms with Crippen LogP contribution in [0.4, 0.5) is 0 Å². The van der Waals surface area contributed by atoms with Crippen LogP contribution in [0.15, 0.2) is 0 Å². The molecular weight excluding hydrogens is 689 g/mol. The van der Waals surface area contributed by atoms with Gasteiger partial charge in [0.15, 0.2) is 0 Å². The standard InChI is InChI=1S/C12H26N2O4.4CN.Ba.H2O.Pt/c1-5-15-9-10-17-7-3-14-4-8-18-12-11-16-6-2-13-1;4*1-2;;;/h13-14H,1-12H2;;;;;;1H2;/q;4*-1;+2;;+2. The number of hydrogen-bond acceptors (Lipinski definition) is 10. The summed E-state index contributed by atoms with van der Waals surface area (Å²) in [6.07, 6.45) is 0. The van der Waals surface area contributed by atoms with Crippen molar-refractivity contribution in [3.8, 4) is 0 Å². The van der Waals surface area contributed by atoms with Crippen LogP contribution in [0.5, 0.6) is 0 Å². The monoisotopic (exact) mass is 717 g/mol. The summed E-state index contributed by atoms with van der Waals surface area (Å²) in [6, 6.07) is 0. The third-order valence-corrected chi connectivity index (χ3v) is 2.44. The van der Waals surface area contributed by atoms with E-state index in [1.807, 2.05) is 0 Å². The largest absolute Gasteiger partial charge is 2.00 e. The predicted octanol–water partition coefficient (Wildman–Crippen LogP) is -1.58. The summed E-state index contributed by atoms with van der Waals surface area (Å²) in [4.78, 5) is 0. The van der Waals surface area contributed by atoms with Crippen molar-refractivity contribution < 1.29 is 45.5 Å². The van der Waals surface area contributed by atoms with Crippen molar-refractivity contribution in [2.24, 2.45) is 0 Å². The maximum absolute atomic E-state index is 6.25. The van der Waals surface area contributed by atoms with E-state index >= 15 is 0 Å². The first kappa shape index (κ1) is 46.9. The van der Waals surface area contributed by atoms with E-state index in [1.54, 1.807) is 0 Å². The average Bonchev–Trinajstić information content (AvgIpc) is 2.74. The summed E-state index contributed by atoms with van der Waals surface area (Å²) in [5.74, 6) is 0. The van der Waals surface area contributed by atoms with E-state index in [0.29, 0.717) is 52.9 Å². The van der Waals surface area contributed by atoms with Crippen LogP contribution in [0, 0.1) is 47.3 Å². The van der Waals surface area contributed by atoms with E-state index in [4.69, 9.17) is 66.3 Å². The third-order valence-electron chi connectivity index (χ3n) is 2.44. The fourth-order valence-electron chi connectivity index (χ4n) is 1.47. The fourth-order valence-corrected chi connectivity index (χ4v) is 1.47. The molecule has 11 nitrogen and oxygen atoms in total. The molecule has 0 aromatic heterocycles. The first-order chi connectivity index (χ1) is 13.0. The molecule has 0 radical (unpaired) electrons. The number of hydrogen-bond donors (Lipinski definition) is 2. The molecule has 1 aliphatic heterocycles. The molecule has 0 atom stereocenters. The van der Waals surface area contributed by atoms with Crippen LogP contribution in [0.1, 0.15) is 0 Å². The van der Waals surface area contributed by atoms with Gasteiger partial charge in [-0.05, 0) is 0 Å². The molecule has 1 aliphatic rings. The first-order valence-corrected chi connectivity index (χ1v) is 7.62. The molecule has 0 bridgehead atoms. The topological polar surface area (TPSA) is 188 Å². The molecule has 1 rings (SSSR count). The van der Waals surface area contributed by atoms with Crippen molar-refractivity contribution >= 4 is 48.9 Å². The van der Waals surface area contributed by atoms with Gasteiger partial charge in [-0.3, -0.25) is 0 Å². The zero-order valence-electron chi connectivity index (χ0n) is 16.4. The Labute approximate surface area is 229 Å². The predicted molar refractivity (Wildman–Crippen MR) is 98.3 cm³/mol. The summed E-state index contributed by atoms with van der Waals surface area (Å²) in [5, 5.41) is 31.5. The van der Waals surface area contributed by atoms with E-state index in [9.17, 15) is 0 Å². The summed E-state index contributed by atoms with van der Waals surface area (Å²) in [7, 11) is 0. The van der Waals surface area contributed by atoms with Crippen molar-refractivity contribution in [2.75, 3.05) is 79.0 Å². The molecule has 0 amide bonds. The Morgan fingerprint density at radius 3 is 0.793 bits per heavy atom.